The molecule has 0 aliphatic carbocycles. The Morgan fingerprint density at radius 2 is 1.71 bits per heavy atom. The van der Waals surface area contributed by atoms with Gasteiger partial charge in [-0.2, -0.15) is 0 Å². The van der Waals surface area contributed by atoms with Crippen LogP contribution in [0.25, 0.3) is 0 Å². The molecule has 2 nitrogen and oxygen atoms in total. The first-order valence-corrected chi connectivity index (χ1v) is 7.29. The molecule has 0 atom stereocenters. The molecule has 2 rings (SSSR count). The smallest absolute Gasteiger partial charge is 0.254 e. The lowest BCUT2D eigenvalue weighted by Gasteiger charge is -2.06. The highest BCUT2D eigenvalue weighted by Gasteiger charge is 2.11. The standard InChI is InChI=1S/C16H14Cl2FNO/c17-12-5-3-11(4-6-12)2-1-9-20-16(21)14-8-7-13(18)10-15(14)19/h3-8,10H,1-2,9H2,(H,20,21). The van der Waals surface area contributed by atoms with Gasteiger partial charge >= 0.3 is 0 Å². The lowest BCUT2D eigenvalue weighted by Crippen LogP contribution is -2.25. The summed E-state index contributed by atoms with van der Waals surface area (Å²) >= 11 is 11.5. The van der Waals surface area contributed by atoms with Crippen LogP contribution in [0.5, 0.6) is 0 Å². The third-order valence-corrected chi connectivity index (χ3v) is 3.50. The molecule has 0 aromatic heterocycles. The van der Waals surface area contributed by atoms with E-state index in [0.29, 0.717) is 11.6 Å². The Hall–Kier alpha value is -1.58. The van der Waals surface area contributed by atoms with Gasteiger partial charge in [-0.1, -0.05) is 35.3 Å². The quantitative estimate of drug-likeness (QED) is 0.806. The Kier molecular flexibility index (Phi) is 5.59. The summed E-state index contributed by atoms with van der Waals surface area (Å²) in [6, 6.07) is 11.6. The highest BCUT2D eigenvalue weighted by Crippen LogP contribution is 2.14. The normalized spacial score (nSPS) is 10.4. The summed E-state index contributed by atoms with van der Waals surface area (Å²) < 4.78 is 13.6. The number of carbonyl (C=O) groups is 1. The Balaban J connectivity index is 1.80. The van der Waals surface area contributed by atoms with E-state index >= 15 is 0 Å². The average Bonchev–Trinajstić information content (AvgIpc) is 2.45. The van der Waals surface area contributed by atoms with Crippen LogP contribution in [0, 0.1) is 5.82 Å². The molecule has 0 fully saturated rings. The van der Waals surface area contributed by atoms with Crippen LogP contribution in [-0.4, -0.2) is 12.5 Å². The van der Waals surface area contributed by atoms with Crippen LogP contribution in [0.2, 0.25) is 10.0 Å². The number of amides is 1. The maximum absolute atomic E-state index is 13.6. The summed E-state index contributed by atoms with van der Waals surface area (Å²) in [4.78, 5) is 11.8. The van der Waals surface area contributed by atoms with Gasteiger partial charge in [0.15, 0.2) is 0 Å². The van der Waals surface area contributed by atoms with Gasteiger partial charge in [0, 0.05) is 16.6 Å². The summed E-state index contributed by atoms with van der Waals surface area (Å²) in [6.07, 6.45) is 1.59. The minimum absolute atomic E-state index is 0.00546. The number of aryl methyl sites for hydroxylation is 1. The first-order valence-electron chi connectivity index (χ1n) is 6.54. The zero-order valence-corrected chi connectivity index (χ0v) is 12.7. The molecular formula is C16H14Cl2FNO. The zero-order valence-electron chi connectivity index (χ0n) is 11.2. The molecule has 0 radical (unpaired) electrons. The van der Waals surface area contributed by atoms with Crippen molar-refractivity contribution in [1.82, 2.24) is 5.32 Å². The molecule has 21 heavy (non-hydrogen) atoms. The monoisotopic (exact) mass is 325 g/mol. The van der Waals surface area contributed by atoms with Crippen molar-refractivity contribution in [2.24, 2.45) is 0 Å². The number of hydrogen-bond acceptors (Lipinski definition) is 1. The fourth-order valence-corrected chi connectivity index (χ4v) is 2.20. The summed E-state index contributed by atoms with van der Waals surface area (Å²) in [5.74, 6) is -1.04. The van der Waals surface area contributed by atoms with Gasteiger partial charge in [-0.3, -0.25) is 4.79 Å². The number of nitrogens with one attached hydrogen (secondary N) is 1. The van der Waals surface area contributed by atoms with Crippen molar-refractivity contribution in [2.75, 3.05) is 6.54 Å². The van der Waals surface area contributed by atoms with Crippen molar-refractivity contribution < 1.29 is 9.18 Å². The van der Waals surface area contributed by atoms with Gasteiger partial charge in [-0.15, -0.1) is 0 Å². The maximum atomic E-state index is 13.6. The molecule has 2 aromatic rings. The van der Waals surface area contributed by atoms with Crippen LogP contribution in [0.3, 0.4) is 0 Å². The lowest BCUT2D eigenvalue weighted by atomic mass is 10.1. The van der Waals surface area contributed by atoms with E-state index in [2.05, 4.69) is 5.32 Å². The van der Waals surface area contributed by atoms with E-state index in [1.165, 1.54) is 12.1 Å². The lowest BCUT2D eigenvalue weighted by molar-refractivity contribution is 0.0949. The van der Waals surface area contributed by atoms with Gasteiger partial charge in [0.2, 0.25) is 0 Å². The predicted molar refractivity (Wildman–Crippen MR) is 83.5 cm³/mol. The summed E-state index contributed by atoms with van der Waals surface area (Å²) in [5, 5.41) is 3.66. The molecule has 0 saturated heterocycles. The topological polar surface area (TPSA) is 29.1 Å². The molecule has 0 heterocycles. The van der Waals surface area contributed by atoms with E-state index in [1.54, 1.807) is 0 Å². The van der Waals surface area contributed by atoms with Gasteiger partial charge < -0.3 is 5.32 Å². The predicted octanol–water partition coefficient (Wildman–Crippen LogP) is 4.50. The first-order chi connectivity index (χ1) is 10.1. The Morgan fingerprint density at radius 1 is 1.05 bits per heavy atom. The van der Waals surface area contributed by atoms with Crippen molar-refractivity contribution in [2.45, 2.75) is 12.8 Å². The van der Waals surface area contributed by atoms with Crippen LogP contribution < -0.4 is 5.32 Å². The van der Waals surface area contributed by atoms with Crippen LogP contribution >= 0.6 is 23.2 Å². The highest BCUT2D eigenvalue weighted by molar-refractivity contribution is 6.30. The number of carbonyl (C=O) groups excluding carboxylic acids is 1. The molecule has 0 bridgehead atoms. The number of benzene rings is 2. The third-order valence-electron chi connectivity index (χ3n) is 3.02. The van der Waals surface area contributed by atoms with E-state index in [4.69, 9.17) is 23.2 Å². The van der Waals surface area contributed by atoms with Crippen molar-refractivity contribution in [3.63, 3.8) is 0 Å². The third kappa shape index (κ3) is 4.73. The molecule has 0 aliphatic heterocycles. The van der Waals surface area contributed by atoms with E-state index < -0.39 is 11.7 Å². The Morgan fingerprint density at radius 3 is 2.38 bits per heavy atom. The summed E-state index contributed by atoms with van der Waals surface area (Å²) in [6.45, 7) is 0.476. The van der Waals surface area contributed by atoms with Crippen molar-refractivity contribution in [3.8, 4) is 0 Å². The van der Waals surface area contributed by atoms with Crippen molar-refractivity contribution in [3.05, 3.63) is 69.5 Å². The molecule has 0 saturated carbocycles. The molecule has 110 valence electrons. The molecule has 0 unspecified atom stereocenters. The van der Waals surface area contributed by atoms with Gasteiger partial charge in [0.05, 0.1) is 5.56 Å². The fourth-order valence-electron chi connectivity index (χ4n) is 1.91. The maximum Gasteiger partial charge on any atom is 0.254 e. The zero-order chi connectivity index (χ0) is 15.2. The second kappa shape index (κ2) is 7.43. The van der Waals surface area contributed by atoms with Crippen LogP contribution in [-0.2, 0) is 6.42 Å². The second-order valence-electron chi connectivity index (χ2n) is 4.61. The van der Waals surface area contributed by atoms with Gasteiger partial charge in [0.1, 0.15) is 5.82 Å². The van der Waals surface area contributed by atoms with Crippen LogP contribution in [0.1, 0.15) is 22.3 Å². The van der Waals surface area contributed by atoms with Gasteiger partial charge in [-0.05, 0) is 48.7 Å². The second-order valence-corrected chi connectivity index (χ2v) is 5.48. The van der Waals surface area contributed by atoms with Gasteiger partial charge in [-0.25, -0.2) is 4.39 Å². The van der Waals surface area contributed by atoms with E-state index in [0.717, 1.165) is 24.5 Å². The Labute approximate surface area is 132 Å². The molecule has 2 aromatic carbocycles. The minimum atomic E-state index is -0.613. The van der Waals surface area contributed by atoms with E-state index in [9.17, 15) is 9.18 Å². The van der Waals surface area contributed by atoms with Gasteiger partial charge in [0.25, 0.3) is 5.91 Å². The molecular weight excluding hydrogens is 312 g/mol. The summed E-state index contributed by atoms with van der Waals surface area (Å²) in [7, 11) is 0. The van der Waals surface area contributed by atoms with Crippen molar-refractivity contribution >= 4 is 29.1 Å². The minimum Gasteiger partial charge on any atom is -0.352 e. The number of rotatable bonds is 5. The van der Waals surface area contributed by atoms with Crippen molar-refractivity contribution in [1.29, 1.82) is 0 Å². The number of hydrogen-bond donors (Lipinski definition) is 1. The molecule has 0 aliphatic rings. The largest absolute Gasteiger partial charge is 0.352 e. The van der Waals surface area contributed by atoms with Crippen LogP contribution in [0.15, 0.2) is 42.5 Å². The first kappa shape index (κ1) is 15.8. The molecule has 0 spiro atoms. The fraction of sp³-hybridized carbons (Fsp3) is 0.188. The molecule has 5 heteroatoms. The van der Waals surface area contributed by atoms with E-state index in [1.807, 2.05) is 24.3 Å². The Bertz CT molecular complexity index is 629. The van der Waals surface area contributed by atoms with E-state index in [-0.39, 0.29) is 10.6 Å². The number of halogens is 3. The summed E-state index contributed by atoms with van der Waals surface area (Å²) in [5.41, 5.74) is 1.15. The highest BCUT2D eigenvalue weighted by atomic mass is 35.5. The molecule has 1 amide bonds. The SMILES string of the molecule is O=C(NCCCc1ccc(Cl)cc1)c1ccc(Cl)cc1F. The van der Waals surface area contributed by atoms with Crippen LogP contribution in [0.4, 0.5) is 4.39 Å². The molecule has 1 N–H and O–H groups in total. The average molecular weight is 326 g/mol.